The van der Waals surface area contributed by atoms with Crippen molar-refractivity contribution in [1.29, 1.82) is 0 Å². The normalized spacial score (nSPS) is 15.4. The van der Waals surface area contributed by atoms with Gasteiger partial charge in [-0.1, -0.05) is 68.1 Å². The lowest BCUT2D eigenvalue weighted by molar-refractivity contribution is -0.274. The molecule has 1 N–H and O–H groups in total. The molecule has 4 aromatic rings. The molecule has 2 amide bonds. The molecule has 0 bridgehead atoms. The monoisotopic (exact) mass is 636 g/mol. The molecule has 0 saturated carbocycles. The third-order valence-corrected chi connectivity index (χ3v) is 8.37. The Bertz CT molecular complexity index is 1620. The molecular formula is C33H35F3N6O2S. The number of carbonyl (C=O) groups excluding carboxylic acids is 1. The van der Waals surface area contributed by atoms with Crippen molar-refractivity contribution in [3.05, 3.63) is 90.3 Å². The first-order valence-corrected chi connectivity index (χ1v) is 15.8. The molecule has 45 heavy (non-hydrogen) atoms. The predicted molar refractivity (Wildman–Crippen MR) is 172 cm³/mol. The number of carbonyl (C=O) groups is 1. The van der Waals surface area contributed by atoms with Crippen LogP contribution in [-0.2, 0) is 6.42 Å². The van der Waals surface area contributed by atoms with Gasteiger partial charge in [-0.3, -0.25) is 0 Å². The molecule has 1 atom stereocenters. The lowest BCUT2D eigenvalue weighted by Gasteiger charge is -2.32. The number of aromatic nitrogens is 3. The van der Waals surface area contributed by atoms with Crippen molar-refractivity contribution in [2.75, 3.05) is 17.2 Å². The average molecular weight is 637 g/mol. The van der Waals surface area contributed by atoms with Gasteiger partial charge in [0.1, 0.15) is 12.1 Å². The van der Waals surface area contributed by atoms with Crippen LogP contribution in [0.1, 0.15) is 50.7 Å². The maximum absolute atomic E-state index is 12.9. The number of hydrogen-bond donors (Lipinski definition) is 1. The highest BCUT2D eigenvalue weighted by atomic mass is 32.2. The topological polar surface area (TPSA) is 84.6 Å². The second-order valence-corrected chi connectivity index (χ2v) is 12.2. The van der Waals surface area contributed by atoms with Crippen LogP contribution in [-0.4, -0.2) is 50.7 Å². The number of para-hydroxylation sites is 1. The number of aliphatic imine (C=N–C) groups is 1. The zero-order valence-electron chi connectivity index (χ0n) is 25.3. The van der Waals surface area contributed by atoms with E-state index >= 15 is 0 Å². The lowest BCUT2D eigenvalue weighted by atomic mass is 10.0. The van der Waals surface area contributed by atoms with Crippen LogP contribution >= 0.6 is 11.8 Å². The molecule has 3 aromatic carbocycles. The first-order chi connectivity index (χ1) is 21.6. The zero-order valence-corrected chi connectivity index (χ0v) is 26.1. The summed E-state index contributed by atoms with van der Waals surface area (Å²) in [6.07, 6.45) is -0.710. The van der Waals surface area contributed by atoms with Gasteiger partial charge in [-0.25, -0.2) is 14.5 Å². The number of alkyl halides is 3. The number of benzene rings is 3. The highest BCUT2D eigenvalue weighted by Gasteiger charge is 2.31. The van der Waals surface area contributed by atoms with E-state index in [0.29, 0.717) is 17.4 Å². The minimum Gasteiger partial charge on any atom is -0.406 e. The molecule has 236 valence electrons. The van der Waals surface area contributed by atoms with Crippen LogP contribution in [0.2, 0.25) is 0 Å². The van der Waals surface area contributed by atoms with Crippen LogP contribution in [0.3, 0.4) is 0 Å². The number of anilines is 1. The fourth-order valence-corrected chi connectivity index (χ4v) is 5.97. The number of thioether (sulfide) groups is 1. The molecule has 0 spiro atoms. The average Bonchev–Trinajstić information content (AvgIpc) is 3.50. The van der Waals surface area contributed by atoms with Crippen molar-refractivity contribution < 1.29 is 22.7 Å². The number of amides is 2. The van der Waals surface area contributed by atoms with Gasteiger partial charge in [-0.15, -0.1) is 18.3 Å². The highest BCUT2D eigenvalue weighted by Crippen LogP contribution is 2.32. The molecule has 1 unspecified atom stereocenters. The van der Waals surface area contributed by atoms with Crippen LogP contribution in [0.15, 0.2) is 84.1 Å². The van der Waals surface area contributed by atoms with Gasteiger partial charge in [-0.2, -0.15) is 4.99 Å². The summed E-state index contributed by atoms with van der Waals surface area (Å²) in [5, 5.41) is 8.21. The van der Waals surface area contributed by atoms with Crippen LogP contribution in [0, 0.1) is 0 Å². The van der Waals surface area contributed by atoms with Crippen LogP contribution < -0.4 is 15.0 Å². The SMILES string of the molecule is CC(CCc1ccc(-c2ncn(-c3ccc(OC(F)(F)F)cc3)n2)cc1)NC(=O)/N=C1\SCCCN1c1ccccc1C(C)C. The summed E-state index contributed by atoms with van der Waals surface area (Å²) < 4.78 is 42.7. The largest absolute Gasteiger partial charge is 0.573 e. The minimum absolute atomic E-state index is 0.0724. The predicted octanol–water partition coefficient (Wildman–Crippen LogP) is 7.99. The van der Waals surface area contributed by atoms with Gasteiger partial charge < -0.3 is 15.0 Å². The van der Waals surface area contributed by atoms with Gasteiger partial charge in [0.2, 0.25) is 0 Å². The van der Waals surface area contributed by atoms with E-state index in [1.54, 1.807) is 11.8 Å². The van der Waals surface area contributed by atoms with Crippen LogP contribution in [0.4, 0.5) is 23.7 Å². The van der Waals surface area contributed by atoms with Crippen molar-refractivity contribution in [1.82, 2.24) is 20.1 Å². The molecule has 1 aliphatic heterocycles. The Kier molecular flexibility index (Phi) is 10.1. The number of ether oxygens (including phenoxy) is 1. The molecule has 8 nitrogen and oxygen atoms in total. The Morgan fingerprint density at radius 1 is 1.04 bits per heavy atom. The van der Waals surface area contributed by atoms with E-state index in [-0.39, 0.29) is 17.8 Å². The fraction of sp³-hybridized carbons (Fsp3) is 0.333. The van der Waals surface area contributed by atoms with Gasteiger partial charge in [0.05, 0.1) is 5.69 Å². The maximum atomic E-state index is 12.9. The van der Waals surface area contributed by atoms with Gasteiger partial charge >= 0.3 is 12.4 Å². The molecule has 5 rings (SSSR count). The third kappa shape index (κ3) is 8.65. The number of rotatable bonds is 9. The summed E-state index contributed by atoms with van der Waals surface area (Å²) in [6, 6.07) is 21.2. The molecule has 1 aromatic heterocycles. The molecule has 1 aliphatic rings. The van der Waals surface area contributed by atoms with E-state index in [2.05, 4.69) is 56.0 Å². The van der Waals surface area contributed by atoms with E-state index in [9.17, 15) is 18.0 Å². The molecule has 0 aliphatic carbocycles. The highest BCUT2D eigenvalue weighted by molar-refractivity contribution is 8.14. The summed E-state index contributed by atoms with van der Waals surface area (Å²) in [7, 11) is 0. The molecule has 1 fully saturated rings. The summed E-state index contributed by atoms with van der Waals surface area (Å²) >= 11 is 1.62. The number of nitrogens with one attached hydrogen (secondary N) is 1. The molecule has 1 saturated heterocycles. The Morgan fingerprint density at radius 3 is 2.49 bits per heavy atom. The van der Waals surface area contributed by atoms with E-state index < -0.39 is 6.36 Å². The van der Waals surface area contributed by atoms with E-state index in [1.165, 1.54) is 40.8 Å². The quantitative estimate of drug-likeness (QED) is 0.201. The van der Waals surface area contributed by atoms with Gasteiger partial charge in [-0.05, 0) is 73.6 Å². The molecular weight excluding hydrogens is 601 g/mol. The van der Waals surface area contributed by atoms with E-state index in [1.807, 2.05) is 43.3 Å². The van der Waals surface area contributed by atoms with Crippen molar-refractivity contribution in [2.45, 2.75) is 58.4 Å². The fourth-order valence-electron chi connectivity index (χ4n) is 5.02. The number of urea groups is 1. The van der Waals surface area contributed by atoms with Crippen LogP contribution in [0.25, 0.3) is 17.1 Å². The number of hydrogen-bond acceptors (Lipinski definition) is 5. The zero-order chi connectivity index (χ0) is 32.0. The Hall–Kier alpha value is -4.32. The molecule has 0 radical (unpaired) electrons. The summed E-state index contributed by atoms with van der Waals surface area (Å²) in [5.74, 6) is 1.48. The minimum atomic E-state index is -4.74. The maximum Gasteiger partial charge on any atom is 0.573 e. The van der Waals surface area contributed by atoms with Gasteiger partial charge in [0.15, 0.2) is 11.0 Å². The molecule has 12 heteroatoms. The van der Waals surface area contributed by atoms with Crippen molar-refractivity contribution in [3.8, 4) is 22.8 Å². The summed E-state index contributed by atoms with van der Waals surface area (Å²) in [6.45, 7) is 7.15. The van der Waals surface area contributed by atoms with E-state index in [0.717, 1.165) is 53.5 Å². The Balaban J connectivity index is 1.15. The summed E-state index contributed by atoms with van der Waals surface area (Å²) in [4.78, 5) is 23.9. The Labute approximate surface area is 264 Å². The number of nitrogens with zero attached hydrogens (tertiary/aromatic N) is 5. The second kappa shape index (κ2) is 14.2. The standard InChI is InChI=1S/C33H35F3N6O2S/c1-22(2)28-7-4-5-8-29(28)41-19-6-20-45-32(41)39-31(43)38-23(3)9-10-24-11-13-25(14-12-24)30-37-21-42(40-30)26-15-17-27(18-16-26)44-33(34,35)36/h4-5,7-8,11-18,21-23H,6,9-10,19-20H2,1-3H3,(H,38,43)/b39-32-. The Morgan fingerprint density at radius 2 is 1.78 bits per heavy atom. The number of aryl methyl sites for hydroxylation is 1. The van der Waals surface area contributed by atoms with E-state index in [4.69, 9.17) is 0 Å². The third-order valence-electron chi connectivity index (χ3n) is 7.31. The first-order valence-electron chi connectivity index (χ1n) is 14.8. The number of halogens is 3. The summed E-state index contributed by atoms with van der Waals surface area (Å²) in [5.41, 5.74) is 4.81. The van der Waals surface area contributed by atoms with Crippen molar-refractivity contribution >= 4 is 28.6 Å². The molecule has 2 heterocycles. The smallest absolute Gasteiger partial charge is 0.406 e. The van der Waals surface area contributed by atoms with Crippen LogP contribution in [0.5, 0.6) is 5.75 Å². The van der Waals surface area contributed by atoms with Gasteiger partial charge in [0.25, 0.3) is 0 Å². The second-order valence-electron chi connectivity index (χ2n) is 11.1. The van der Waals surface area contributed by atoms with Crippen molar-refractivity contribution in [3.63, 3.8) is 0 Å². The van der Waals surface area contributed by atoms with Gasteiger partial charge in [0, 0.05) is 29.6 Å². The number of amidine groups is 1. The van der Waals surface area contributed by atoms with Crippen molar-refractivity contribution in [2.24, 2.45) is 4.99 Å². The lowest BCUT2D eigenvalue weighted by Crippen LogP contribution is -2.37. The first kappa shape index (κ1) is 32.1.